The molecule has 1 aliphatic rings. The summed E-state index contributed by atoms with van der Waals surface area (Å²) in [5, 5.41) is 0. The Bertz CT molecular complexity index is 1320. The van der Waals surface area contributed by atoms with Gasteiger partial charge in [0.15, 0.2) is 0 Å². The zero-order chi connectivity index (χ0) is 21.3. The van der Waals surface area contributed by atoms with Crippen LogP contribution in [0.5, 0.6) is 0 Å². The van der Waals surface area contributed by atoms with Gasteiger partial charge in [0.2, 0.25) is 0 Å². The smallest absolute Gasteiger partial charge is 0.261 e. The van der Waals surface area contributed by atoms with Crippen LogP contribution in [0.25, 0.3) is 16.8 Å². The van der Waals surface area contributed by atoms with Crippen LogP contribution < -0.4 is 9.62 Å². The number of imidazole rings is 1. The molecule has 4 aromatic rings. The molecule has 0 saturated carbocycles. The first kappa shape index (κ1) is 19.5. The zero-order valence-electron chi connectivity index (χ0n) is 16.7. The number of sulfonamides is 1. The van der Waals surface area contributed by atoms with Gasteiger partial charge in [-0.05, 0) is 30.3 Å². The van der Waals surface area contributed by atoms with E-state index in [0.717, 1.165) is 35.7 Å². The number of anilines is 2. The number of fused-ring (bicyclic) bond motifs is 1. The normalized spacial score (nSPS) is 14.6. The van der Waals surface area contributed by atoms with Crippen LogP contribution in [-0.4, -0.2) is 49.1 Å². The molecule has 1 aromatic carbocycles. The van der Waals surface area contributed by atoms with Gasteiger partial charge >= 0.3 is 0 Å². The van der Waals surface area contributed by atoms with E-state index < -0.39 is 10.0 Å². The van der Waals surface area contributed by atoms with Crippen LogP contribution in [0.3, 0.4) is 0 Å². The molecule has 0 unspecified atom stereocenters. The van der Waals surface area contributed by atoms with Crippen molar-refractivity contribution in [3.8, 4) is 11.1 Å². The van der Waals surface area contributed by atoms with Crippen molar-refractivity contribution in [2.24, 2.45) is 0 Å². The Hall–Kier alpha value is -3.43. The second-order valence-corrected chi connectivity index (χ2v) is 8.93. The second-order valence-electron chi connectivity index (χ2n) is 7.24. The molecular formula is C22H21N5O3S. The molecule has 5 rings (SSSR count). The van der Waals surface area contributed by atoms with Gasteiger partial charge in [0, 0.05) is 36.6 Å². The largest absolute Gasteiger partial charge is 0.378 e. The van der Waals surface area contributed by atoms with E-state index >= 15 is 0 Å². The lowest BCUT2D eigenvalue weighted by Crippen LogP contribution is -2.36. The van der Waals surface area contributed by atoms with Crippen LogP contribution in [-0.2, 0) is 14.8 Å². The molecule has 1 saturated heterocycles. The molecule has 0 bridgehead atoms. The highest BCUT2D eigenvalue weighted by Crippen LogP contribution is 2.26. The Morgan fingerprint density at radius 3 is 2.55 bits per heavy atom. The quantitative estimate of drug-likeness (QED) is 0.518. The maximum absolute atomic E-state index is 12.6. The molecule has 1 fully saturated rings. The molecule has 0 radical (unpaired) electrons. The average molecular weight is 436 g/mol. The van der Waals surface area contributed by atoms with Gasteiger partial charge in [-0.3, -0.25) is 14.1 Å². The standard InChI is InChI=1S/C22H21N5O3S/c28-31(29,20-4-2-1-3-5-20)25-19-12-18(13-23-14-19)17-6-7-21-24-15-22(27(21)16-17)26-8-10-30-11-9-26/h1-7,12-16,25H,8-11H2. The summed E-state index contributed by atoms with van der Waals surface area (Å²) >= 11 is 0. The van der Waals surface area contributed by atoms with Gasteiger partial charge in [0.25, 0.3) is 10.0 Å². The van der Waals surface area contributed by atoms with Gasteiger partial charge in [-0.25, -0.2) is 13.4 Å². The molecule has 8 nitrogen and oxygen atoms in total. The summed E-state index contributed by atoms with van der Waals surface area (Å²) in [4.78, 5) is 11.2. The topological polar surface area (TPSA) is 88.8 Å². The Morgan fingerprint density at radius 1 is 0.935 bits per heavy atom. The fourth-order valence-electron chi connectivity index (χ4n) is 3.63. The third-order valence-corrected chi connectivity index (χ3v) is 6.60. The molecule has 1 aliphatic heterocycles. The minimum absolute atomic E-state index is 0.204. The van der Waals surface area contributed by atoms with E-state index in [9.17, 15) is 8.42 Å². The van der Waals surface area contributed by atoms with Gasteiger partial charge in [-0.2, -0.15) is 0 Å². The molecule has 3 aromatic heterocycles. The Labute approximate surface area is 180 Å². The number of hydrogen-bond acceptors (Lipinski definition) is 6. The van der Waals surface area contributed by atoms with Crippen LogP contribution >= 0.6 is 0 Å². The second kappa shape index (κ2) is 8.01. The lowest BCUT2D eigenvalue weighted by atomic mass is 10.1. The number of ether oxygens (including phenoxy) is 1. The van der Waals surface area contributed by atoms with Gasteiger partial charge in [-0.1, -0.05) is 18.2 Å². The lowest BCUT2D eigenvalue weighted by molar-refractivity contribution is 0.122. The predicted molar refractivity (Wildman–Crippen MR) is 119 cm³/mol. The number of rotatable bonds is 5. The van der Waals surface area contributed by atoms with Gasteiger partial charge in [-0.15, -0.1) is 0 Å². The van der Waals surface area contributed by atoms with Gasteiger partial charge in [0.1, 0.15) is 11.5 Å². The minimum Gasteiger partial charge on any atom is -0.378 e. The van der Waals surface area contributed by atoms with Crippen LogP contribution in [0.4, 0.5) is 11.5 Å². The van der Waals surface area contributed by atoms with E-state index in [4.69, 9.17) is 4.74 Å². The molecule has 0 amide bonds. The van der Waals surface area contributed by atoms with E-state index in [0.29, 0.717) is 18.9 Å². The molecular weight excluding hydrogens is 414 g/mol. The number of benzene rings is 1. The van der Waals surface area contributed by atoms with Crippen molar-refractivity contribution in [2.45, 2.75) is 4.90 Å². The van der Waals surface area contributed by atoms with Crippen molar-refractivity contribution in [3.63, 3.8) is 0 Å². The molecule has 0 atom stereocenters. The van der Waals surface area contributed by atoms with E-state index in [-0.39, 0.29) is 4.90 Å². The summed E-state index contributed by atoms with van der Waals surface area (Å²) in [7, 11) is -3.68. The molecule has 31 heavy (non-hydrogen) atoms. The summed E-state index contributed by atoms with van der Waals surface area (Å²) in [6, 6.07) is 13.9. The molecule has 1 N–H and O–H groups in total. The number of morpholine rings is 1. The van der Waals surface area contributed by atoms with Crippen molar-refractivity contribution >= 4 is 27.2 Å². The number of nitrogens with zero attached hydrogens (tertiary/aromatic N) is 4. The van der Waals surface area contributed by atoms with Crippen LogP contribution in [0.2, 0.25) is 0 Å². The number of pyridine rings is 2. The average Bonchev–Trinajstić information content (AvgIpc) is 3.23. The van der Waals surface area contributed by atoms with E-state index in [1.807, 2.05) is 28.9 Å². The lowest BCUT2D eigenvalue weighted by Gasteiger charge is -2.28. The number of aromatic nitrogens is 3. The Kier molecular flexibility index (Phi) is 5.05. The SMILES string of the molecule is O=S(=O)(Nc1cncc(-c2ccc3ncc(N4CCOCC4)n3c2)c1)c1ccccc1. The molecule has 158 valence electrons. The number of hydrogen-bond donors (Lipinski definition) is 1. The van der Waals surface area contributed by atoms with Crippen LogP contribution in [0.1, 0.15) is 0 Å². The fourth-order valence-corrected chi connectivity index (χ4v) is 4.69. The first-order valence-electron chi connectivity index (χ1n) is 9.93. The van der Waals surface area contributed by atoms with E-state index in [1.54, 1.807) is 42.6 Å². The molecule has 0 spiro atoms. The highest BCUT2D eigenvalue weighted by molar-refractivity contribution is 7.92. The first-order valence-corrected chi connectivity index (χ1v) is 11.4. The monoisotopic (exact) mass is 435 g/mol. The maximum atomic E-state index is 12.6. The Balaban J connectivity index is 1.47. The minimum atomic E-state index is -3.68. The summed E-state index contributed by atoms with van der Waals surface area (Å²) in [5.74, 6) is 1.01. The zero-order valence-corrected chi connectivity index (χ0v) is 17.5. The molecule has 9 heteroatoms. The fraction of sp³-hybridized carbons (Fsp3) is 0.182. The third-order valence-electron chi connectivity index (χ3n) is 5.20. The highest BCUT2D eigenvalue weighted by atomic mass is 32.2. The number of nitrogens with one attached hydrogen (secondary N) is 1. The third kappa shape index (κ3) is 3.97. The maximum Gasteiger partial charge on any atom is 0.261 e. The Morgan fingerprint density at radius 2 is 1.74 bits per heavy atom. The summed E-state index contributed by atoms with van der Waals surface area (Å²) in [6.07, 6.45) is 7.08. The van der Waals surface area contributed by atoms with Crippen molar-refractivity contribution in [2.75, 3.05) is 35.9 Å². The van der Waals surface area contributed by atoms with Crippen molar-refractivity contribution in [3.05, 3.63) is 73.3 Å². The molecule has 0 aliphatic carbocycles. The van der Waals surface area contributed by atoms with Gasteiger partial charge in [0.05, 0.1) is 36.2 Å². The van der Waals surface area contributed by atoms with Crippen molar-refractivity contribution in [1.29, 1.82) is 0 Å². The summed E-state index contributed by atoms with van der Waals surface area (Å²) in [5.41, 5.74) is 2.96. The van der Waals surface area contributed by atoms with E-state index in [2.05, 4.69) is 19.6 Å². The van der Waals surface area contributed by atoms with Crippen LogP contribution in [0.15, 0.2) is 78.2 Å². The van der Waals surface area contributed by atoms with Crippen molar-refractivity contribution < 1.29 is 13.2 Å². The van der Waals surface area contributed by atoms with Gasteiger partial charge < -0.3 is 9.64 Å². The first-order chi connectivity index (χ1) is 15.1. The summed E-state index contributed by atoms with van der Waals surface area (Å²) < 4.78 is 35.4. The predicted octanol–water partition coefficient (Wildman–Crippen LogP) is 3.03. The van der Waals surface area contributed by atoms with Crippen LogP contribution in [0, 0.1) is 0 Å². The van der Waals surface area contributed by atoms with Crippen molar-refractivity contribution in [1.82, 2.24) is 14.4 Å². The van der Waals surface area contributed by atoms with E-state index in [1.165, 1.54) is 6.20 Å². The molecule has 4 heterocycles. The highest BCUT2D eigenvalue weighted by Gasteiger charge is 2.17. The summed E-state index contributed by atoms with van der Waals surface area (Å²) in [6.45, 7) is 3.02.